The second-order valence-corrected chi connectivity index (χ2v) is 20.2. The highest BCUT2D eigenvalue weighted by molar-refractivity contribution is 6.19. The number of fused-ring (bicyclic) bond motifs is 17. The average Bonchev–Trinajstić information content (AvgIpc) is 4.11. The van der Waals surface area contributed by atoms with Gasteiger partial charge in [0.2, 0.25) is 0 Å². The van der Waals surface area contributed by atoms with E-state index in [1.165, 1.54) is 105 Å². The summed E-state index contributed by atoms with van der Waals surface area (Å²) in [5.41, 5.74) is 25.6. The topological polar surface area (TPSA) is 13.1 Å². The van der Waals surface area contributed by atoms with Crippen LogP contribution < -0.4 is 0 Å². The predicted molar refractivity (Wildman–Crippen MR) is 290 cm³/mol. The van der Waals surface area contributed by atoms with Crippen molar-refractivity contribution in [2.45, 2.75) is 30.6 Å². The third-order valence-corrected chi connectivity index (χ3v) is 16.4. The van der Waals surface area contributed by atoms with E-state index in [1.54, 1.807) is 0 Å². The summed E-state index contributed by atoms with van der Waals surface area (Å²) < 4.78 is 7.56. The van der Waals surface area contributed by atoms with E-state index in [2.05, 4.69) is 250 Å². The molecule has 0 radical (unpaired) electrons. The predicted octanol–water partition coefficient (Wildman–Crippen LogP) is 17.9. The van der Waals surface area contributed by atoms with Gasteiger partial charge >= 0.3 is 0 Å². The molecule has 0 saturated heterocycles. The van der Waals surface area contributed by atoms with Crippen molar-refractivity contribution in [3.63, 3.8) is 0 Å². The van der Waals surface area contributed by atoms with E-state index in [1.807, 2.05) is 0 Å². The molecule has 0 saturated carbocycles. The van der Waals surface area contributed by atoms with Crippen LogP contribution in [0.5, 0.6) is 0 Å². The van der Waals surface area contributed by atoms with Crippen LogP contribution in [0.2, 0.25) is 0 Å². The minimum absolute atomic E-state index is 0.131. The number of hydrogen-bond donors (Lipinski definition) is 0. The minimum Gasteiger partial charge on any atom is -0.455 e. The van der Waals surface area contributed by atoms with E-state index in [0.717, 1.165) is 33.1 Å². The summed E-state index contributed by atoms with van der Waals surface area (Å²) in [5, 5.41) is 4.66. The lowest BCUT2D eigenvalue weighted by atomic mass is 9.70. The largest absolute Gasteiger partial charge is 0.455 e. The van der Waals surface area contributed by atoms with Crippen LogP contribution in [0.1, 0.15) is 69.8 Å². The van der Waals surface area contributed by atoms with Crippen LogP contribution in [0.4, 0.5) is 0 Å². The Hall–Kier alpha value is -8.52. The number of para-hydroxylation sites is 1. The molecular formula is C69H46O. The van der Waals surface area contributed by atoms with Gasteiger partial charge in [-0.3, -0.25) is 0 Å². The number of benzene rings is 11. The summed E-state index contributed by atoms with van der Waals surface area (Å²) in [7, 11) is 0. The first-order valence-electron chi connectivity index (χ1n) is 24.7. The van der Waals surface area contributed by atoms with Crippen LogP contribution in [0, 0.1) is 0 Å². The van der Waals surface area contributed by atoms with Gasteiger partial charge in [0.25, 0.3) is 0 Å². The molecule has 15 rings (SSSR count). The standard InChI is InChI=1S/C69H46O/c1-68(2)58-27-12-8-21-49(58)53-37-36-47(40-62(53)68)65-48-20-7-6-19-45(48)39-57-55-25-16-26-56(66(55)70-67(57)65)64(44-33-31-43(32-34-44)42-17-4-3-5-18-42)46-35-38-54-52-24-11-15-30-61(52)69(63(54)41-46)59-28-13-9-22-50(59)51-23-10-14-29-60(51)69/h3-41,64H,1-2H3. The van der Waals surface area contributed by atoms with Gasteiger partial charge in [0.1, 0.15) is 11.2 Å². The van der Waals surface area contributed by atoms with Gasteiger partial charge in [-0.15, -0.1) is 0 Å². The van der Waals surface area contributed by atoms with Crippen molar-refractivity contribution in [3.05, 3.63) is 287 Å². The van der Waals surface area contributed by atoms with Crippen molar-refractivity contribution in [2.75, 3.05) is 0 Å². The average molecular weight is 891 g/mol. The molecule has 0 bridgehead atoms. The molecule has 1 heterocycles. The van der Waals surface area contributed by atoms with E-state index in [9.17, 15) is 0 Å². The Kier molecular flexibility index (Phi) is 8.18. The molecule has 1 spiro atoms. The van der Waals surface area contributed by atoms with E-state index in [4.69, 9.17) is 4.42 Å². The molecular weight excluding hydrogens is 845 g/mol. The summed E-state index contributed by atoms with van der Waals surface area (Å²) in [6.07, 6.45) is 0. The van der Waals surface area contributed by atoms with Crippen LogP contribution in [0.3, 0.4) is 0 Å². The summed E-state index contributed by atoms with van der Waals surface area (Å²) in [6.45, 7) is 4.73. The monoisotopic (exact) mass is 890 g/mol. The van der Waals surface area contributed by atoms with Gasteiger partial charge < -0.3 is 4.42 Å². The number of furan rings is 1. The SMILES string of the molecule is CC1(C)c2ccccc2-c2ccc(-c3c4ccccc4cc4c3oc3c(C(c5ccc(-c6ccccc6)cc5)c5ccc6c(c5)C5(c7ccccc7-c7ccccc75)c5ccccc5-6)cccc34)cc21. The van der Waals surface area contributed by atoms with Gasteiger partial charge in [0.15, 0.2) is 0 Å². The van der Waals surface area contributed by atoms with Crippen molar-refractivity contribution < 1.29 is 4.42 Å². The smallest absolute Gasteiger partial charge is 0.143 e. The molecule has 11 aromatic carbocycles. The van der Waals surface area contributed by atoms with Crippen LogP contribution in [-0.4, -0.2) is 0 Å². The Balaban J connectivity index is 0.984. The van der Waals surface area contributed by atoms with Crippen molar-refractivity contribution in [3.8, 4) is 55.6 Å². The fourth-order valence-electron chi connectivity index (χ4n) is 13.3. The van der Waals surface area contributed by atoms with Crippen molar-refractivity contribution in [2.24, 2.45) is 0 Å². The summed E-state index contributed by atoms with van der Waals surface area (Å²) >= 11 is 0. The highest BCUT2D eigenvalue weighted by Crippen LogP contribution is 2.63. The number of rotatable bonds is 5. The van der Waals surface area contributed by atoms with Gasteiger partial charge in [-0.25, -0.2) is 0 Å². The third kappa shape index (κ3) is 5.27. The van der Waals surface area contributed by atoms with Gasteiger partial charge in [-0.2, -0.15) is 0 Å². The van der Waals surface area contributed by atoms with Crippen LogP contribution in [-0.2, 0) is 10.8 Å². The quantitative estimate of drug-likeness (QED) is 0.157. The van der Waals surface area contributed by atoms with Crippen molar-refractivity contribution in [1.29, 1.82) is 0 Å². The fourth-order valence-corrected chi connectivity index (χ4v) is 13.3. The molecule has 0 amide bonds. The molecule has 70 heavy (non-hydrogen) atoms. The van der Waals surface area contributed by atoms with Gasteiger partial charge in [-0.05, 0) is 117 Å². The molecule has 328 valence electrons. The Bertz CT molecular complexity index is 4080. The first-order chi connectivity index (χ1) is 34.5. The van der Waals surface area contributed by atoms with Gasteiger partial charge in [-0.1, -0.05) is 238 Å². The summed E-state index contributed by atoms with van der Waals surface area (Å²) in [5.74, 6) is -0.149. The Morgan fingerprint density at radius 1 is 0.329 bits per heavy atom. The first kappa shape index (κ1) is 39.5. The van der Waals surface area contributed by atoms with Crippen LogP contribution >= 0.6 is 0 Å². The highest BCUT2D eigenvalue weighted by Gasteiger charge is 2.51. The lowest BCUT2D eigenvalue weighted by Crippen LogP contribution is -2.26. The molecule has 0 N–H and O–H groups in total. The lowest BCUT2D eigenvalue weighted by Gasteiger charge is -2.31. The normalized spacial score (nSPS) is 14.6. The maximum Gasteiger partial charge on any atom is 0.143 e. The zero-order chi connectivity index (χ0) is 46.3. The van der Waals surface area contributed by atoms with E-state index in [0.29, 0.717) is 0 Å². The molecule has 12 aromatic rings. The first-order valence-corrected chi connectivity index (χ1v) is 24.7. The Morgan fingerprint density at radius 2 is 0.843 bits per heavy atom. The maximum absolute atomic E-state index is 7.56. The molecule has 0 aliphatic heterocycles. The lowest BCUT2D eigenvalue weighted by molar-refractivity contribution is 0.659. The second-order valence-electron chi connectivity index (χ2n) is 20.2. The van der Waals surface area contributed by atoms with Gasteiger partial charge in [0.05, 0.1) is 5.41 Å². The van der Waals surface area contributed by atoms with E-state index in [-0.39, 0.29) is 11.3 Å². The maximum atomic E-state index is 7.56. The zero-order valence-corrected chi connectivity index (χ0v) is 39.0. The Labute approximate surface area is 408 Å². The van der Waals surface area contributed by atoms with E-state index >= 15 is 0 Å². The molecule has 0 fully saturated rings. The second kappa shape index (κ2) is 14.5. The van der Waals surface area contributed by atoms with Crippen LogP contribution in [0.15, 0.2) is 241 Å². The van der Waals surface area contributed by atoms with Crippen molar-refractivity contribution >= 4 is 32.7 Å². The molecule has 3 aliphatic rings. The Morgan fingerprint density at radius 3 is 1.54 bits per heavy atom. The fraction of sp³-hybridized carbons (Fsp3) is 0.0725. The number of hydrogen-bond acceptors (Lipinski definition) is 1. The summed E-state index contributed by atoms with van der Waals surface area (Å²) in [6, 6.07) is 88.6. The molecule has 1 heteroatoms. The van der Waals surface area contributed by atoms with Crippen LogP contribution in [0.25, 0.3) is 88.3 Å². The molecule has 3 aliphatic carbocycles. The summed E-state index contributed by atoms with van der Waals surface area (Å²) in [4.78, 5) is 0. The third-order valence-electron chi connectivity index (χ3n) is 16.4. The highest BCUT2D eigenvalue weighted by atomic mass is 16.3. The molecule has 1 unspecified atom stereocenters. The zero-order valence-electron chi connectivity index (χ0n) is 39.0. The van der Waals surface area contributed by atoms with Gasteiger partial charge in [0, 0.05) is 33.2 Å². The minimum atomic E-state index is -0.455. The van der Waals surface area contributed by atoms with Crippen molar-refractivity contribution in [1.82, 2.24) is 0 Å². The molecule has 1 aromatic heterocycles. The molecule has 1 nitrogen and oxygen atoms in total. The molecule has 1 atom stereocenters. The van der Waals surface area contributed by atoms with E-state index < -0.39 is 5.41 Å².